The van der Waals surface area contributed by atoms with Crippen LogP contribution < -0.4 is 4.90 Å². The zero-order valence-corrected chi connectivity index (χ0v) is 15.7. The highest BCUT2D eigenvalue weighted by Crippen LogP contribution is 2.44. The van der Waals surface area contributed by atoms with Gasteiger partial charge in [0.05, 0.1) is 11.6 Å². The molecule has 140 valence electrons. The lowest BCUT2D eigenvalue weighted by atomic mass is 9.95. The quantitative estimate of drug-likeness (QED) is 0.387. The molecule has 1 aromatic heterocycles. The molecule has 3 aromatic rings. The van der Waals surface area contributed by atoms with E-state index in [1.807, 2.05) is 0 Å². The highest BCUT2D eigenvalue weighted by atomic mass is 35.5. The number of benzene rings is 2. The summed E-state index contributed by atoms with van der Waals surface area (Å²) in [6.07, 6.45) is 1.52. The van der Waals surface area contributed by atoms with Crippen molar-refractivity contribution in [2.45, 2.75) is 6.04 Å². The Morgan fingerprint density at radius 1 is 1.14 bits per heavy atom. The van der Waals surface area contributed by atoms with Crippen LogP contribution in [0, 0.1) is 5.82 Å². The van der Waals surface area contributed by atoms with E-state index < -0.39 is 29.3 Å². The summed E-state index contributed by atoms with van der Waals surface area (Å²) in [6.45, 7) is 0. The summed E-state index contributed by atoms with van der Waals surface area (Å²) in [5, 5.41) is 13.2. The van der Waals surface area contributed by atoms with Crippen molar-refractivity contribution in [1.82, 2.24) is 4.98 Å². The van der Waals surface area contributed by atoms with Gasteiger partial charge in [0.2, 0.25) is 0 Å². The van der Waals surface area contributed by atoms with Crippen molar-refractivity contribution in [3.8, 4) is 0 Å². The molecule has 4 rings (SSSR count). The van der Waals surface area contributed by atoms with Crippen molar-refractivity contribution in [3.63, 3.8) is 0 Å². The highest BCUT2D eigenvalue weighted by Gasteiger charge is 2.48. The van der Waals surface area contributed by atoms with Crippen molar-refractivity contribution in [1.29, 1.82) is 0 Å². The summed E-state index contributed by atoms with van der Waals surface area (Å²) < 4.78 is 13.3. The van der Waals surface area contributed by atoms with Crippen LogP contribution in [-0.4, -0.2) is 21.8 Å². The van der Waals surface area contributed by atoms with Crippen LogP contribution in [0.25, 0.3) is 5.76 Å². The molecule has 1 atom stereocenters. The average Bonchev–Trinajstić information content (AvgIpc) is 3.30. The molecule has 0 spiro atoms. The van der Waals surface area contributed by atoms with Gasteiger partial charge < -0.3 is 5.11 Å². The van der Waals surface area contributed by atoms with Gasteiger partial charge >= 0.3 is 5.91 Å². The fourth-order valence-electron chi connectivity index (χ4n) is 3.12. The third kappa shape index (κ3) is 2.98. The van der Waals surface area contributed by atoms with Gasteiger partial charge in [0.25, 0.3) is 5.78 Å². The van der Waals surface area contributed by atoms with E-state index in [4.69, 9.17) is 11.6 Å². The number of halogens is 2. The second-order valence-corrected chi connectivity index (χ2v) is 7.29. The fourth-order valence-corrected chi connectivity index (χ4v) is 4.03. The number of nitrogens with zero attached hydrogens (tertiary/aromatic N) is 2. The minimum Gasteiger partial charge on any atom is -0.507 e. The van der Waals surface area contributed by atoms with E-state index >= 15 is 0 Å². The Morgan fingerprint density at radius 2 is 1.86 bits per heavy atom. The Balaban J connectivity index is 1.96. The number of rotatable bonds is 3. The van der Waals surface area contributed by atoms with Crippen LogP contribution in [0.3, 0.4) is 0 Å². The molecule has 0 saturated carbocycles. The molecule has 5 nitrogen and oxygen atoms in total. The van der Waals surface area contributed by atoms with Crippen LogP contribution in [0.4, 0.5) is 9.52 Å². The van der Waals surface area contributed by atoms with Gasteiger partial charge in [-0.1, -0.05) is 29.8 Å². The smallest absolute Gasteiger partial charge is 0.301 e. The molecule has 1 aliphatic heterocycles. The normalized spacial score (nSPS) is 18.6. The number of aromatic nitrogens is 1. The predicted molar refractivity (Wildman–Crippen MR) is 105 cm³/mol. The second kappa shape index (κ2) is 7.18. The molecule has 1 unspecified atom stereocenters. The summed E-state index contributed by atoms with van der Waals surface area (Å²) in [6, 6.07) is 10.8. The van der Waals surface area contributed by atoms with Gasteiger partial charge in [0.15, 0.2) is 5.13 Å². The number of thiazole rings is 1. The number of carbonyl (C=O) groups excluding carboxylic acids is 2. The van der Waals surface area contributed by atoms with E-state index in [0.29, 0.717) is 15.7 Å². The molecule has 2 heterocycles. The minimum absolute atomic E-state index is 0.125. The molecule has 0 aliphatic carbocycles. The van der Waals surface area contributed by atoms with Crippen LogP contribution >= 0.6 is 22.9 Å². The zero-order valence-electron chi connectivity index (χ0n) is 14.2. The molecule has 2 aromatic carbocycles. The summed E-state index contributed by atoms with van der Waals surface area (Å²) in [5.41, 5.74) is 0.567. The number of hydrogen-bond acceptors (Lipinski definition) is 5. The van der Waals surface area contributed by atoms with E-state index in [2.05, 4.69) is 4.98 Å². The maximum Gasteiger partial charge on any atom is 0.301 e. The molecule has 8 heteroatoms. The molecule has 28 heavy (non-hydrogen) atoms. The Hall–Kier alpha value is -3.03. The van der Waals surface area contributed by atoms with Gasteiger partial charge in [0, 0.05) is 22.2 Å². The Bertz CT molecular complexity index is 1100. The maximum absolute atomic E-state index is 13.3. The van der Waals surface area contributed by atoms with Crippen molar-refractivity contribution in [3.05, 3.63) is 87.6 Å². The van der Waals surface area contributed by atoms with Gasteiger partial charge in [-0.15, -0.1) is 11.3 Å². The molecule has 1 saturated heterocycles. The summed E-state index contributed by atoms with van der Waals surface area (Å²) in [4.78, 5) is 31.0. The number of Topliss-reactive ketones (excluding diaryl/α,β-unsaturated/α-hetero) is 1. The Morgan fingerprint density at radius 3 is 2.50 bits per heavy atom. The fraction of sp³-hybridized carbons (Fsp3) is 0.0500. The van der Waals surface area contributed by atoms with Crippen LogP contribution in [0.1, 0.15) is 17.2 Å². The predicted octanol–water partition coefficient (Wildman–Crippen LogP) is 4.56. The third-order valence-electron chi connectivity index (χ3n) is 4.39. The van der Waals surface area contributed by atoms with Gasteiger partial charge in [-0.2, -0.15) is 0 Å². The number of ketones is 1. The number of aliphatic hydroxyl groups is 1. The van der Waals surface area contributed by atoms with Gasteiger partial charge in [-0.25, -0.2) is 9.37 Å². The monoisotopic (exact) mass is 414 g/mol. The van der Waals surface area contributed by atoms with E-state index in [0.717, 1.165) is 12.1 Å². The van der Waals surface area contributed by atoms with Crippen LogP contribution in [-0.2, 0) is 9.59 Å². The first kappa shape index (κ1) is 18.3. The molecular weight excluding hydrogens is 403 g/mol. The highest BCUT2D eigenvalue weighted by molar-refractivity contribution is 7.14. The first-order valence-electron chi connectivity index (χ1n) is 8.20. The second-order valence-electron chi connectivity index (χ2n) is 6.01. The summed E-state index contributed by atoms with van der Waals surface area (Å²) in [5.74, 6) is -2.56. The zero-order chi connectivity index (χ0) is 19.8. The average molecular weight is 415 g/mol. The molecule has 1 N–H and O–H groups in total. The molecule has 0 bridgehead atoms. The van der Waals surface area contributed by atoms with E-state index in [9.17, 15) is 19.1 Å². The summed E-state index contributed by atoms with van der Waals surface area (Å²) in [7, 11) is 0. The maximum atomic E-state index is 13.3. The standard InChI is InChI=1S/C20H12ClFN2O3S/c21-14-4-2-1-3-13(14)16-15(17(25)11-5-7-12(22)8-6-11)18(26)19(27)24(16)20-23-9-10-28-20/h1-10,16,25H/b17-15+. The first-order valence-corrected chi connectivity index (χ1v) is 9.45. The molecular formula is C20H12ClFN2O3S. The Kier molecular flexibility index (Phi) is 4.70. The summed E-state index contributed by atoms with van der Waals surface area (Å²) >= 11 is 7.53. The van der Waals surface area contributed by atoms with E-state index in [1.54, 1.807) is 29.6 Å². The number of carbonyl (C=O) groups is 2. The SMILES string of the molecule is O=C1C(=O)N(c2nccs2)C(c2ccccc2Cl)/C1=C(\O)c1ccc(F)cc1. The lowest BCUT2D eigenvalue weighted by molar-refractivity contribution is -0.132. The van der Waals surface area contributed by atoms with Crippen molar-refractivity contribution in [2.24, 2.45) is 0 Å². The van der Waals surface area contributed by atoms with Gasteiger partial charge in [-0.3, -0.25) is 14.5 Å². The molecule has 1 fully saturated rings. The number of amides is 1. The topological polar surface area (TPSA) is 70.5 Å². The lowest BCUT2D eigenvalue weighted by Crippen LogP contribution is -2.29. The Labute approximate surface area is 168 Å². The molecule has 1 aliphatic rings. The lowest BCUT2D eigenvalue weighted by Gasteiger charge is -2.23. The first-order chi connectivity index (χ1) is 13.5. The number of aliphatic hydroxyl groups excluding tert-OH is 1. The molecule has 1 amide bonds. The third-order valence-corrected chi connectivity index (χ3v) is 5.50. The van der Waals surface area contributed by atoms with Crippen LogP contribution in [0.15, 0.2) is 65.7 Å². The largest absolute Gasteiger partial charge is 0.507 e. The number of anilines is 1. The van der Waals surface area contributed by atoms with Gasteiger partial charge in [-0.05, 0) is 35.9 Å². The van der Waals surface area contributed by atoms with E-state index in [-0.39, 0.29) is 11.1 Å². The van der Waals surface area contributed by atoms with Crippen LogP contribution in [0.5, 0.6) is 0 Å². The van der Waals surface area contributed by atoms with Gasteiger partial charge in [0.1, 0.15) is 11.6 Å². The van der Waals surface area contributed by atoms with Crippen LogP contribution in [0.2, 0.25) is 5.02 Å². The van der Waals surface area contributed by atoms with Crippen molar-refractivity contribution in [2.75, 3.05) is 4.90 Å². The number of hydrogen-bond donors (Lipinski definition) is 1. The molecule has 0 radical (unpaired) electrons. The minimum atomic E-state index is -0.954. The van der Waals surface area contributed by atoms with Crippen molar-refractivity contribution >= 4 is 45.5 Å². The van der Waals surface area contributed by atoms with Crippen molar-refractivity contribution < 1.29 is 19.1 Å². The van der Waals surface area contributed by atoms with E-state index in [1.165, 1.54) is 34.6 Å².